The highest BCUT2D eigenvalue weighted by molar-refractivity contribution is 5.95. The molecule has 0 amide bonds. The Morgan fingerprint density at radius 1 is 1.24 bits per heavy atom. The van der Waals surface area contributed by atoms with Gasteiger partial charge < -0.3 is 19.7 Å². The molecule has 2 aliphatic carbocycles. The summed E-state index contributed by atoms with van der Waals surface area (Å²) < 4.78 is 10.6. The summed E-state index contributed by atoms with van der Waals surface area (Å²) in [6.07, 6.45) is 2.63. The number of allylic oxidation sites excluding steroid dienone is 2. The molecule has 0 bridgehead atoms. The first-order valence-corrected chi connectivity index (χ1v) is 6.93. The first-order valence-electron chi connectivity index (χ1n) is 6.93. The van der Waals surface area contributed by atoms with Crippen LogP contribution in [0.15, 0.2) is 24.0 Å². The summed E-state index contributed by atoms with van der Waals surface area (Å²) >= 11 is 0. The van der Waals surface area contributed by atoms with Crippen LogP contribution < -0.4 is 0 Å². The molecule has 2 N–H and O–H groups in total. The lowest BCUT2D eigenvalue weighted by Crippen LogP contribution is -2.30. The van der Waals surface area contributed by atoms with Crippen molar-refractivity contribution in [3.63, 3.8) is 0 Å². The Balaban J connectivity index is 2.14. The van der Waals surface area contributed by atoms with Crippen LogP contribution in [-0.4, -0.2) is 30.2 Å². The van der Waals surface area contributed by atoms with Crippen molar-refractivity contribution in [3.8, 4) is 11.5 Å². The predicted octanol–water partition coefficient (Wildman–Crippen LogP) is 2.39. The molecule has 2 aliphatic rings. The molecule has 1 aromatic rings. The number of hydrogen-bond acceptors (Lipinski definition) is 5. The molecule has 5 nitrogen and oxygen atoms in total. The third kappa shape index (κ3) is 2.08. The normalized spacial score (nSPS) is 27.6. The zero-order valence-corrected chi connectivity index (χ0v) is 12.0. The minimum absolute atomic E-state index is 0.0443. The summed E-state index contributed by atoms with van der Waals surface area (Å²) in [7, 11) is 3.10. The van der Waals surface area contributed by atoms with E-state index >= 15 is 0 Å². The predicted molar refractivity (Wildman–Crippen MR) is 75.1 cm³/mol. The smallest absolute Gasteiger partial charge is 0.197 e. The van der Waals surface area contributed by atoms with Gasteiger partial charge in [0.25, 0.3) is 0 Å². The van der Waals surface area contributed by atoms with Crippen LogP contribution in [0.2, 0.25) is 0 Å². The maximum atomic E-state index is 12.1. The van der Waals surface area contributed by atoms with Crippen LogP contribution in [0.4, 0.5) is 0 Å². The van der Waals surface area contributed by atoms with E-state index in [1.807, 2.05) is 6.08 Å². The zero-order valence-electron chi connectivity index (χ0n) is 12.0. The molecule has 0 radical (unpaired) electrons. The summed E-state index contributed by atoms with van der Waals surface area (Å²) in [6.45, 7) is 0. The van der Waals surface area contributed by atoms with Crippen LogP contribution in [0.3, 0.4) is 0 Å². The first kappa shape index (κ1) is 13.9. The standard InChI is InChI=1S/C16H18O5/c1-20-13-5-8-6-14(21-2)12(18)7-10(8)15-9(13)3-4-11(17)16(15)19/h3-4,6,8,10,13,17,19H,5,7H2,1-2H3. The molecule has 0 saturated carbocycles. The Morgan fingerprint density at radius 2 is 2.00 bits per heavy atom. The van der Waals surface area contributed by atoms with Crippen molar-refractivity contribution >= 4 is 5.78 Å². The van der Waals surface area contributed by atoms with Crippen molar-refractivity contribution in [3.05, 3.63) is 35.1 Å². The first-order chi connectivity index (χ1) is 10.1. The minimum Gasteiger partial charge on any atom is -0.504 e. The van der Waals surface area contributed by atoms with E-state index < -0.39 is 0 Å². The Labute approximate surface area is 122 Å². The van der Waals surface area contributed by atoms with Gasteiger partial charge >= 0.3 is 0 Å². The number of carbonyl (C=O) groups excluding carboxylic acids is 1. The third-order valence-corrected chi connectivity index (χ3v) is 4.50. The van der Waals surface area contributed by atoms with Crippen molar-refractivity contribution in [1.29, 1.82) is 0 Å². The number of hydrogen-bond donors (Lipinski definition) is 2. The van der Waals surface area contributed by atoms with Gasteiger partial charge in [-0.05, 0) is 30.0 Å². The van der Waals surface area contributed by atoms with E-state index in [0.29, 0.717) is 11.3 Å². The van der Waals surface area contributed by atoms with Gasteiger partial charge in [-0.2, -0.15) is 0 Å². The van der Waals surface area contributed by atoms with E-state index in [9.17, 15) is 15.0 Å². The molecular weight excluding hydrogens is 272 g/mol. The summed E-state index contributed by atoms with van der Waals surface area (Å²) in [6, 6.07) is 3.22. The molecule has 21 heavy (non-hydrogen) atoms. The molecule has 5 heteroatoms. The van der Waals surface area contributed by atoms with Gasteiger partial charge in [0.2, 0.25) is 0 Å². The summed E-state index contributed by atoms with van der Waals surface area (Å²) in [5.74, 6) is -0.130. The summed E-state index contributed by atoms with van der Waals surface area (Å²) in [5.41, 5.74) is 1.47. The van der Waals surface area contributed by atoms with E-state index in [-0.39, 0.29) is 41.6 Å². The zero-order chi connectivity index (χ0) is 15.1. The lowest BCUT2D eigenvalue weighted by atomic mass is 9.68. The Bertz CT molecular complexity index is 619. The number of benzene rings is 1. The highest BCUT2D eigenvalue weighted by Gasteiger charge is 2.41. The maximum Gasteiger partial charge on any atom is 0.197 e. The van der Waals surface area contributed by atoms with Crippen LogP contribution >= 0.6 is 0 Å². The van der Waals surface area contributed by atoms with E-state index in [4.69, 9.17) is 9.47 Å². The monoisotopic (exact) mass is 290 g/mol. The molecule has 0 fully saturated rings. The highest BCUT2D eigenvalue weighted by atomic mass is 16.5. The van der Waals surface area contributed by atoms with Crippen molar-refractivity contribution in [2.45, 2.75) is 24.9 Å². The number of aromatic hydroxyl groups is 2. The molecule has 0 aliphatic heterocycles. The molecule has 3 unspecified atom stereocenters. The molecule has 0 saturated heterocycles. The van der Waals surface area contributed by atoms with Gasteiger partial charge in [-0.1, -0.05) is 6.07 Å². The van der Waals surface area contributed by atoms with Crippen LogP contribution in [0.25, 0.3) is 0 Å². The number of ketones is 1. The fraction of sp³-hybridized carbons (Fsp3) is 0.438. The van der Waals surface area contributed by atoms with Crippen molar-refractivity contribution in [2.24, 2.45) is 5.92 Å². The fourth-order valence-electron chi connectivity index (χ4n) is 3.47. The van der Waals surface area contributed by atoms with Gasteiger partial charge in [-0.25, -0.2) is 0 Å². The van der Waals surface area contributed by atoms with Gasteiger partial charge in [-0.3, -0.25) is 4.79 Å². The molecular formula is C16H18O5. The van der Waals surface area contributed by atoms with E-state index in [1.54, 1.807) is 13.2 Å². The maximum absolute atomic E-state index is 12.1. The average Bonchev–Trinajstić information content (AvgIpc) is 2.49. The second-order valence-corrected chi connectivity index (χ2v) is 5.53. The molecule has 3 rings (SSSR count). The second-order valence-electron chi connectivity index (χ2n) is 5.53. The number of methoxy groups -OCH3 is 2. The van der Waals surface area contributed by atoms with Crippen LogP contribution in [0.5, 0.6) is 11.5 Å². The lowest BCUT2D eigenvalue weighted by molar-refractivity contribution is -0.120. The third-order valence-electron chi connectivity index (χ3n) is 4.50. The Hall–Kier alpha value is -2.01. The number of rotatable bonds is 2. The molecule has 0 aromatic heterocycles. The van der Waals surface area contributed by atoms with Gasteiger partial charge in [0.1, 0.15) is 0 Å². The number of fused-ring (bicyclic) bond motifs is 3. The quantitative estimate of drug-likeness (QED) is 0.818. The van der Waals surface area contributed by atoms with Crippen molar-refractivity contribution in [1.82, 2.24) is 0 Å². The van der Waals surface area contributed by atoms with E-state index in [0.717, 1.165) is 12.0 Å². The summed E-state index contributed by atoms with van der Waals surface area (Å²) in [4.78, 5) is 12.1. The number of Topliss-reactive ketones (excluding diaryl/α,β-unsaturated/α-hetero) is 1. The molecule has 0 heterocycles. The van der Waals surface area contributed by atoms with Crippen LogP contribution in [0, 0.1) is 5.92 Å². The Morgan fingerprint density at radius 3 is 2.67 bits per heavy atom. The van der Waals surface area contributed by atoms with Crippen LogP contribution in [0.1, 0.15) is 36.0 Å². The van der Waals surface area contributed by atoms with E-state index in [1.165, 1.54) is 13.2 Å². The molecule has 3 atom stereocenters. The van der Waals surface area contributed by atoms with Gasteiger partial charge in [0, 0.05) is 25.0 Å². The molecule has 112 valence electrons. The van der Waals surface area contributed by atoms with Gasteiger partial charge in [-0.15, -0.1) is 0 Å². The second kappa shape index (κ2) is 5.07. The average molecular weight is 290 g/mol. The van der Waals surface area contributed by atoms with Crippen molar-refractivity contribution in [2.75, 3.05) is 14.2 Å². The topological polar surface area (TPSA) is 76.0 Å². The minimum atomic E-state index is -0.171. The van der Waals surface area contributed by atoms with Gasteiger partial charge in [0.05, 0.1) is 13.2 Å². The summed E-state index contributed by atoms with van der Waals surface area (Å²) in [5, 5.41) is 20.0. The highest BCUT2D eigenvalue weighted by Crippen LogP contribution is 2.52. The van der Waals surface area contributed by atoms with Crippen LogP contribution in [-0.2, 0) is 14.3 Å². The van der Waals surface area contributed by atoms with Gasteiger partial charge in [0.15, 0.2) is 23.0 Å². The number of ether oxygens (including phenoxy) is 2. The number of phenolic OH excluding ortho intramolecular Hbond substituents is 2. The largest absolute Gasteiger partial charge is 0.504 e. The van der Waals surface area contributed by atoms with Crippen molar-refractivity contribution < 1.29 is 24.5 Å². The molecule has 1 aromatic carbocycles. The molecule has 0 spiro atoms. The lowest BCUT2D eigenvalue weighted by Gasteiger charge is -2.38. The fourth-order valence-corrected chi connectivity index (χ4v) is 3.47. The van der Waals surface area contributed by atoms with E-state index in [2.05, 4.69) is 0 Å². The number of carbonyl (C=O) groups is 1. The Kier molecular flexibility index (Phi) is 3.37. The SMILES string of the molecule is COC1=CC2CC(OC)c3ccc(O)c(O)c3C2CC1=O. The number of phenols is 2.